The van der Waals surface area contributed by atoms with Gasteiger partial charge in [-0.1, -0.05) is 88.5 Å². The third-order valence-electron chi connectivity index (χ3n) is 5.78. The largest absolute Gasteiger partial charge is 0.482 e. The van der Waals surface area contributed by atoms with Crippen LogP contribution >= 0.6 is 39.1 Å². The van der Waals surface area contributed by atoms with Gasteiger partial charge in [0.15, 0.2) is 6.61 Å². The van der Waals surface area contributed by atoms with Gasteiger partial charge in [0.05, 0.1) is 5.02 Å². The first-order valence-electron chi connectivity index (χ1n) is 11.7. The van der Waals surface area contributed by atoms with E-state index in [0.29, 0.717) is 22.2 Å². The SMILES string of the molecule is CCC(C)NC(=O)C(Cc1ccccc1)N(Cc1ccc(Br)cc1)C(=O)COc1ccc(Cl)cc1Cl. The van der Waals surface area contributed by atoms with E-state index in [1.54, 1.807) is 23.1 Å². The summed E-state index contributed by atoms with van der Waals surface area (Å²) in [6, 6.07) is 21.4. The van der Waals surface area contributed by atoms with Crippen molar-refractivity contribution >= 4 is 50.9 Å². The van der Waals surface area contributed by atoms with Gasteiger partial charge in [-0.2, -0.15) is 0 Å². The highest BCUT2D eigenvalue weighted by Gasteiger charge is 2.31. The summed E-state index contributed by atoms with van der Waals surface area (Å²) in [6.45, 7) is 3.92. The molecule has 0 saturated heterocycles. The van der Waals surface area contributed by atoms with Crippen LogP contribution in [0.3, 0.4) is 0 Å². The highest BCUT2D eigenvalue weighted by atomic mass is 79.9. The quantitative estimate of drug-likeness (QED) is 0.270. The number of hydrogen-bond acceptors (Lipinski definition) is 3. The lowest BCUT2D eigenvalue weighted by molar-refractivity contribution is -0.143. The van der Waals surface area contributed by atoms with Crippen molar-refractivity contribution < 1.29 is 14.3 Å². The van der Waals surface area contributed by atoms with Crippen molar-refractivity contribution in [2.45, 2.75) is 45.3 Å². The van der Waals surface area contributed by atoms with Crippen molar-refractivity contribution in [1.29, 1.82) is 0 Å². The molecule has 0 heterocycles. The molecule has 5 nitrogen and oxygen atoms in total. The molecule has 0 aliphatic carbocycles. The predicted molar refractivity (Wildman–Crippen MR) is 148 cm³/mol. The fourth-order valence-corrected chi connectivity index (χ4v) is 4.32. The van der Waals surface area contributed by atoms with Crippen LogP contribution in [0, 0.1) is 0 Å². The molecule has 36 heavy (non-hydrogen) atoms. The molecule has 2 unspecified atom stereocenters. The molecule has 0 fully saturated rings. The summed E-state index contributed by atoms with van der Waals surface area (Å²) in [5, 5.41) is 3.84. The fourth-order valence-electron chi connectivity index (χ4n) is 3.60. The normalized spacial score (nSPS) is 12.5. The van der Waals surface area contributed by atoms with Gasteiger partial charge in [0.2, 0.25) is 5.91 Å². The first-order valence-corrected chi connectivity index (χ1v) is 13.3. The van der Waals surface area contributed by atoms with Gasteiger partial charge in [-0.25, -0.2) is 0 Å². The molecule has 0 aromatic heterocycles. The number of hydrogen-bond donors (Lipinski definition) is 1. The lowest BCUT2D eigenvalue weighted by atomic mass is 10.0. The van der Waals surface area contributed by atoms with Crippen molar-refractivity contribution in [3.8, 4) is 5.75 Å². The molecule has 0 aliphatic heterocycles. The number of halogens is 3. The molecule has 2 atom stereocenters. The van der Waals surface area contributed by atoms with Crippen LogP contribution in [-0.2, 0) is 22.6 Å². The predicted octanol–water partition coefficient (Wildman–Crippen LogP) is 6.69. The van der Waals surface area contributed by atoms with Gasteiger partial charge < -0.3 is 15.0 Å². The van der Waals surface area contributed by atoms with Crippen LogP contribution in [0.2, 0.25) is 10.0 Å². The molecule has 1 N–H and O–H groups in total. The summed E-state index contributed by atoms with van der Waals surface area (Å²) in [7, 11) is 0. The highest BCUT2D eigenvalue weighted by Crippen LogP contribution is 2.27. The van der Waals surface area contributed by atoms with E-state index in [4.69, 9.17) is 27.9 Å². The Morgan fingerprint density at radius 2 is 1.69 bits per heavy atom. The van der Waals surface area contributed by atoms with Crippen LogP contribution in [0.5, 0.6) is 5.75 Å². The first kappa shape index (κ1) is 28.0. The number of ether oxygens (including phenoxy) is 1. The van der Waals surface area contributed by atoms with Crippen LogP contribution in [0.4, 0.5) is 0 Å². The number of nitrogens with one attached hydrogen (secondary N) is 1. The molecule has 8 heteroatoms. The van der Waals surface area contributed by atoms with E-state index in [1.165, 1.54) is 0 Å². The zero-order valence-corrected chi connectivity index (χ0v) is 23.3. The second-order valence-corrected chi connectivity index (χ2v) is 10.3. The molecule has 190 valence electrons. The first-order chi connectivity index (χ1) is 17.3. The van der Waals surface area contributed by atoms with E-state index in [2.05, 4.69) is 21.2 Å². The Balaban J connectivity index is 1.91. The minimum atomic E-state index is -0.734. The molecular weight excluding hydrogens is 563 g/mol. The third-order valence-corrected chi connectivity index (χ3v) is 6.84. The minimum absolute atomic E-state index is 0.0236. The third kappa shape index (κ3) is 8.26. The molecule has 0 radical (unpaired) electrons. The summed E-state index contributed by atoms with van der Waals surface area (Å²) in [6.07, 6.45) is 1.15. The monoisotopic (exact) mass is 590 g/mol. The number of benzene rings is 3. The van der Waals surface area contributed by atoms with Crippen LogP contribution in [0.15, 0.2) is 77.3 Å². The van der Waals surface area contributed by atoms with Gasteiger partial charge >= 0.3 is 0 Å². The number of nitrogens with zero attached hydrogens (tertiary/aromatic N) is 1. The summed E-state index contributed by atoms with van der Waals surface area (Å²) < 4.78 is 6.68. The molecule has 0 aliphatic rings. The van der Waals surface area contributed by atoms with Crippen molar-refractivity contribution in [3.63, 3.8) is 0 Å². The molecule has 0 saturated carbocycles. The summed E-state index contributed by atoms with van der Waals surface area (Å²) in [4.78, 5) is 28.7. The lowest BCUT2D eigenvalue weighted by Crippen LogP contribution is -2.53. The number of carbonyl (C=O) groups excluding carboxylic acids is 2. The maximum atomic E-state index is 13.6. The van der Waals surface area contributed by atoms with E-state index in [9.17, 15) is 9.59 Å². The standard InChI is InChI=1S/C28H29BrCl2N2O3/c1-3-19(2)32-28(35)25(15-20-7-5-4-6-8-20)33(17-21-9-11-22(29)12-10-21)27(34)18-36-26-14-13-23(30)16-24(26)31/h4-14,16,19,25H,3,15,17-18H2,1-2H3,(H,32,35). The molecule has 0 spiro atoms. The fraction of sp³-hybridized carbons (Fsp3) is 0.286. The average Bonchev–Trinajstić information content (AvgIpc) is 2.87. The maximum absolute atomic E-state index is 13.6. The number of carbonyl (C=O) groups is 2. The van der Waals surface area contributed by atoms with Crippen LogP contribution in [0.1, 0.15) is 31.4 Å². The Kier molecular flexibility index (Phi) is 10.7. The molecule has 3 aromatic carbocycles. The topological polar surface area (TPSA) is 58.6 Å². The van der Waals surface area contributed by atoms with E-state index >= 15 is 0 Å². The minimum Gasteiger partial charge on any atom is -0.482 e. The molecule has 3 rings (SSSR count). The van der Waals surface area contributed by atoms with Gasteiger partial charge in [-0.05, 0) is 54.8 Å². The van der Waals surface area contributed by atoms with E-state index < -0.39 is 6.04 Å². The zero-order chi connectivity index (χ0) is 26.1. The average molecular weight is 592 g/mol. The van der Waals surface area contributed by atoms with Crippen molar-refractivity contribution in [1.82, 2.24) is 10.2 Å². The van der Waals surface area contributed by atoms with Crippen LogP contribution in [0.25, 0.3) is 0 Å². The number of rotatable bonds is 11. The van der Waals surface area contributed by atoms with Gasteiger partial charge in [0, 0.05) is 28.5 Å². The second-order valence-electron chi connectivity index (χ2n) is 8.53. The summed E-state index contributed by atoms with van der Waals surface area (Å²) >= 11 is 15.7. The van der Waals surface area contributed by atoms with E-state index in [0.717, 1.165) is 22.0 Å². The van der Waals surface area contributed by atoms with Crippen molar-refractivity contribution in [2.75, 3.05) is 6.61 Å². The van der Waals surface area contributed by atoms with Crippen LogP contribution < -0.4 is 10.1 Å². The van der Waals surface area contributed by atoms with Gasteiger partial charge in [0.25, 0.3) is 5.91 Å². The summed E-state index contributed by atoms with van der Waals surface area (Å²) in [5.74, 6) is -0.186. The van der Waals surface area contributed by atoms with Crippen molar-refractivity contribution in [2.24, 2.45) is 0 Å². The maximum Gasteiger partial charge on any atom is 0.261 e. The number of amides is 2. The van der Waals surface area contributed by atoms with Crippen molar-refractivity contribution in [3.05, 3.63) is 98.4 Å². The molecule has 3 aromatic rings. The Morgan fingerprint density at radius 1 is 1.00 bits per heavy atom. The summed E-state index contributed by atoms with van der Waals surface area (Å²) in [5.41, 5.74) is 1.85. The van der Waals surface area contributed by atoms with Gasteiger partial charge in [0.1, 0.15) is 11.8 Å². The second kappa shape index (κ2) is 13.7. The van der Waals surface area contributed by atoms with Crippen LogP contribution in [-0.4, -0.2) is 35.4 Å². The zero-order valence-electron chi connectivity index (χ0n) is 20.2. The smallest absolute Gasteiger partial charge is 0.261 e. The molecule has 0 bridgehead atoms. The molecular formula is C28H29BrCl2N2O3. The highest BCUT2D eigenvalue weighted by molar-refractivity contribution is 9.10. The molecule has 2 amide bonds. The Morgan fingerprint density at radius 3 is 2.33 bits per heavy atom. The lowest BCUT2D eigenvalue weighted by Gasteiger charge is -2.32. The van der Waals surface area contributed by atoms with Gasteiger partial charge in [-0.15, -0.1) is 0 Å². The van der Waals surface area contributed by atoms with E-state index in [1.807, 2.05) is 68.4 Å². The Hall–Kier alpha value is -2.54. The van der Waals surface area contributed by atoms with Gasteiger partial charge in [-0.3, -0.25) is 9.59 Å². The Bertz CT molecular complexity index is 1160. The Labute approximate surface area is 230 Å². The van der Waals surface area contributed by atoms with E-state index in [-0.39, 0.29) is 31.0 Å².